The molecule has 0 aromatic heterocycles. The first-order valence-electron chi connectivity index (χ1n) is 9.88. The van der Waals surface area contributed by atoms with Crippen LogP contribution in [0.4, 0.5) is 0 Å². The lowest BCUT2D eigenvalue weighted by atomic mass is 10.1. The number of hydrogen-bond donors (Lipinski definition) is 2. The van der Waals surface area contributed by atoms with Gasteiger partial charge in [0.2, 0.25) is 10.0 Å². The molecule has 0 radical (unpaired) electrons. The molecule has 0 spiro atoms. The molecule has 2 aromatic carbocycles. The molecular weight excluding hydrogens is 404 g/mol. The molecule has 158 valence electrons. The molecule has 0 unspecified atom stereocenters. The topological polar surface area (TPSA) is 100 Å². The molecule has 2 aromatic rings. The van der Waals surface area contributed by atoms with Crippen molar-refractivity contribution >= 4 is 21.8 Å². The number of amides is 1. The van der Waals surface area contributed by atoms with Gasteiger partial charge in [0, 0.05) is 37.3 Å². The molecule has 2 aliphatic rings. The first kappa shape index (κ1) is 20.5. The number of hydrogen-bond acceptors (Lipinski definition) is 6. The highest BCUT2D eigenvalue weighted by Gasteiger charge is 2.26. The van der Waals surface area contributed by atoms with Crippen LogP contribution in [0.5, 0.6) is 0 Å². The number of fused-ring (bicyclic) bond motifs is 1. The number of nitrogens with one attached hydrogen (secondary N) is 2. The smallest absolute Gasteiger partial charge is 0.251 e. The second-order valence-electron chi connectivity index (χ2n) is 7.05. The number of nitrogens with zero attached hydrogens (tertiary/aromatic N) is 2. The molecule has 8 nitrogen and oxygen atoms in total. The molecule has 0 atom stereocenters. The summed E-state index contributed by atoms with van der Waals surface area (Å²) in [5.41, 5.74) is 2.71. The monoisotopic (exact) mass is 428 g/mol. The second kappa shape index (κ2) is 8.95. The van der Waals surface area contributed by atoms with Crippen molar-refractivity contribution in [2.45, 2.75) is 11.4 Å². The van der Waals surface area contributed by atoms with Crippen molar-refractivity contribution in [3.05, 3.63) is 65.2 Å². The fraction of sp³-hybridized carbons (Fsp3) is 0.333. The van der Waals surface area contributed by atoms with Gasteiger partial charge in [0.15, 0.2) is 0 Å². The zero-order valence-electron chi connectivity index (χ0n) is 16.5. The van der Waals surface area contributed by atoms with E-state index in [2.05, 4.69) is 21.7 Å². The molecule has 0 aliphatic carbocycles. The summed E-state index contributed by atoms with van der Waals surface area (Å²) in [5, 5.41) is 6.09. The number of benzene rings is 2. The van der Waals surface area contributed by atoms with Crippen LogP contribution in [0.15, 0.2) is 58.4 Å². The van der Waals surface area contributed by atoms with Crippen LogP contribution in [0.25, 0.3) is 0 Å². The van der Waals surface area contributed by atoms with Crippen LogP contribution in [-0.4, -0.2) is 63.9 Å². The molecule has 2 aliphatic heterocycles. The largest absolute Gasteiger partial charge is 0.379 e. The van der Waals surface area contributed by atoms with Crippen LogP contribution in [0.1, 0.15) is 21.5 Å². The van der Waals surface area contributed by atoms with Crippen molar-refractivity contribution in [1.82, 2.24) is 14.9 Å². The van der Waals surface area contributed by atoms with Gasteiger partial charge < -0.3 is 15.4 Å². The molecule has 2 N–H and O–H groups in total. The fourth-order valence-corrected chi connectivity index (χ4v) is 4.87. The highest BCUT2D eigenvalue weighted by molar-refractivity contribution is 7.89. The molecule has 4 rings (SSSR count). The number of morpholine rings is 1. The lowest BCUT2D eigenvalue weighted by Crippen LogP contribution is -2.40. The van der Waals surface area contributed by atoms with Gasteiger partial charge in [-0.05, 0) is 29.8 Å². The Balaban J connectivity index is 1.28. The quantitative estimate of drug-likeness (QED) is 0.669. The van der Waals surface area contributed by atoms with E-state index in [1.165, 1.54) is 34.1 Å². The van der Waals surface area contributed by atoms with Crippen molar-refractivity contribution in [3.8, 4) is 0 Å². The number of carbonyl (C=O) groups is 1. The summed E-state index contributed by atoms with van der Waals surface area (Å²) in [7, 11) is -3.56. The van der Waals surface area contributed by atoms with Gasteiger partial charge in [0.05, 0.1) is 24.7 Å². The number of aliphatic imine (C=N–C) groups is 1. The predicted molar refractivity (Wildman–Crippen MR) is 113 cm³/mol. The number of sulfonamides is 1. The van der Waals surface area contributed by atoms with E-state index < -0.39 is 10.0 Å². The van der Waals surface area contributed by atoms with E-state index in [0.29, 0.717) is 51.5 Å². The normalized spacial score (nSPS) is 16.6. The molecule has 0 saturated carbocycles. The molecule has 2 heterocycles. The highest BCUT2D eigenvalue weighted by Crippen LogP contribution is 2.18. The third kappa shape index (κ3) is 4.38. The lowest BCUT2D eigenvalue weighted by Gasteiger charge is -2.26. The van der Waals surface area contributed by atoms with Crippen molar-refractivity contribution < 1.29 is 17.9 Å². The Kier molecular flexibility index (Phi) is 6.12. The number of amidine groups is 1. The summed E-state index contributed by atoms with van der Waals surface area (Å²) in [4.78, 5) is 17.0. The molecule has 9 heteroatoms. The van der Waals surface area contributed by atoms with Crippen LogP contribution in [0.2, 0.25) is 0 Å². The predicted octanol–water partition coefficient (Wildman–Crippen LogP) is 0.987. The first-order chi connectivity index (χ1) is 14.6. The van der Waals surface area contributed by atoms with Crippen LogP contribution < -0.4 is 10.6 Å². The van der Waals surface area contributed by atoms with E-state index in [1.54, 1.807) is 0 Å². The van der Waals surface area contributed by atoms with E-state index in [4.69, 9.17) is 4.74 Å². The Hall–Kier alpha value is -2.75. The van der Waals surface area contributed by atoms with Crippen LogP contribution >= 0.6 is 0 Å². The van der Waals surface area contributed by atoms with Gasteiger partial charge in [-0.15, -0.1) is 0 Å². The Morgan fingerprint density at radius 1 is 1.03 bits per heavy atom. The summed E-state index contributed by atoms with van der Waals surface area (Å²) in [6.07, 6.45) is 0. The Bertz CT molecular complexity index is 1040. The SMILES string of the molecule is O=C(NCCNC1=NCc2ccccc21)c1ccc(S(=O)(=O)N2CCOCC2)cc1. The molecule has 1 saturated heterocycles. The van der Waals surface area contributed by atoms with E-state index in [0.717, 1.165) is 11.4 Å². The van der Waals surface area contributed by atoms with Gasteiger partial charge in [-0.2, -0.15) is 4.31 Å². The van der Waals surface area contributed by atoms with Gasteiger partial charge in [0.25, 0.3) is 5.91 Å². The highest BCUT2D eigenvalue weighted by atomic mass is 32.2. The molecule has 1 amide bonds. The van der Waals surface area contributed by atoms with Gasteiger partial charge in [0.1, 0.15) is 5.84 Å². The maximum absolute atomic E-state index is 12.6. The average molecular weight is 429 g/mol. The third-order valence-corrected chi connectivity index (χ3v) is 7.02. The Morgan fingerprint density at radius 3 is 2.53 bits per heavy atom. The maximum atomic E-state index is 12.6. The van der Waals surface area contributed by atoms with Crippen molar-refractivity contribution in [2.24, 2.45) is 4.99 Å². The zero-order valence-corrected chi connectivity index (χ0v) is 17.3. The summed E-state index contributed by atoms with van der Waals surface area (Å²) in [5.74, 6) is 0.596. The summed E-state index contributed by atoms with van der Waals surface area (Å²) in [6.45, 7) is 3.11. The summed E-state index contributed by atoms with van der Waals surface area (Å²) >= 11 is 0. The van der Waals surface area contributed by atoms with Crippen LogP contribution in [-0.2, 0) is 21.3 Å². The van der Waals surface area contributed by atoms with E-state index in [-0.39, 0.29) is 10.8 Å². The van der Waals surface area contributed by atoms with Gasteiger partial charge >= 0.3 is 0 Å². The zero-order chi connectivity index (χ0) is 21.0. The van der Waals surface area contributed by atoms with Crippen molar-refractivity contribution in [3.63, 3.8) is 0 Å². The molecule has 0 bridgehead atoms. The van der Waals surface area contributed by atoms with Gasteiger partial charge in [-0.25, -0.2) is 8.42 Å². The Labute approximate surface area is 176 Å². The van der Waals surface area contributed by atoms with E-state index >= 15 is 0 Å². The average Bonchev–Trinajstić information content (AvgIpc) is 3.20. The second-order valence-corrected chi connectivity index (χ2v) is 8.98. The minimum absolute atomic E-state index is 0.181. The van der Waals surface area contributed by atoms with E-state index in [1.807, 2.05) is 18.2 Å². The number of ether oxygens (including phenoxy) is 1. The molecular formula is C21H24N4O4S. The van der Waals surface area contributed by atoms with Gasteiger partial charge in [-0.1, -0.05) is 24.3 Å². The maximum Gasteiger partial charge on any atom is 0.251 e. The minimum atomic E-state index is -3.56. The molecule has 1 fully saturated rings. The van der Waals surface area contributed by atoms with Crippen LogP contribution in [0.3, 0.4) is 0 Å². The summed E-state index contributed by atoms with van der Waals surface area (Å²) < 4.78 is 31.9. The number of carbonyl (C=O) groups excluding carboxylic acids is 1. The summed E-state index contributed by atoms with van der Waals surface area (Å²) in [6, 6.07) is 14.1. The van der Waals surface area contributed by atoms with E-state index in [9.17, 15) is 13.2 Å². The Morgan fingerprint density at radius 2 is 1.77 bits per heavy atom. The van der Waals surface area contributed by atoms with Crippen molar-refractivity contribution in [2.75, 3.05) is 39.4 Å². The van der Waals surface area contributed by atoms with Crippen molar-refractivity contribution in [1.29, 1.82) is 0 Å². The lowest BCUT2D eigenvalue weighted by molar-refractivity contribution is 0.0730. The number of rotatable bonds is 6. The fourth-order valence-electron chi connectivity index (χ4n) is 3.46. The first-order valence-corrected chi connectivity index (χ1v) is 11.3. The third-order valence-electron chi connectivity index (χ3n) is 5.11. The standard InChI is InChI=1S/C21H24N4O4S/c26-21(23-10-9-22-20-19-4-2-1-3-17(19)15-24-20)16-5-7-18(8-6-16)30(27,28)25-11-13-29-14-12-25/h1-8H,9-15H2,(H,22,24)(H,23,26). The molecule has 30 heavy (non-hydrogen) atoms. The van der Waals surface area contributed by atoms with Gasteiger partial charge in [-0.3, -0.25) is 9.79 Å². The van der Waals surface area contributed by atoms with Crippen LogP contribution in [0, 0.1) is 0 Å². The minimum Gasteiger partial charge on any atom is -0.379 e.